The van der Waals surface area contributed by atoms with Crippen molar-refractivity contribution in [2.24, 2.45) is 0 Å². The van der Waals surface area contributed by atoms with Crippen LogP contribution in [-0.4, -0.2) is 39.2 Å². The van der Waals surface area contributed by atoms with Gasteiger partial charge in [0.15, 0.2) is 0 Å². The van der Waals surface area contributed by atoms with Crippen LogP contribution >= 0.6 is 0 Å². The summed E-state index contributed by atoms with van der Waals surface area (Å²) in [6.45, 7) is 1.59. The predicted octanol–water partition coefficient (Wildman–Crippen LogP) is 2.28. The molecule has 1 atom stereocenters. The van der Waals surface area contributed by atoms with Crippen LogP contribution in [0.2, 0.25) is 0 Å². The predicted molar refractivity (Wildman–Crippen MR) is 89.8 cm³/mol. The highest BCUT2D eigenvalue weighted by molar-refractivity contribution is 5.35. The Morgan fingerprint density at radius 2 is 2.00 bits per heavy atom. The van der Waals surface area contributed by atoms with Crippen LogP contribution in [0.15, 0.2) is 47.2 Å². The average Bonchev–Trinajstić information content (AvgIpc) is 3.27. The van der Waals surface area contributed by atoms with E-state index in [0.717, 1.165) is 25.1 Å². The Labute approximate surface area is 143 Å². The summed E-state index contributed by atoms with van der Waals surface area (Å²) >= 11 is 0. The first-order valence-electron chi connectivity index (χ1n) is 8.12. The van der Waals surface area contributed by atoms with E-state index in [0.29, 0.717) is 24.2 Å². The first-order chi connectivity index (χ1) is 12.3. The van der Waals surface area contributed by atoms with Crippen molar-refractivity contribution < 1.29 is 8.91 Å². The van der Waals surface area contributed by atoms with Crippen molar-refractivity contribution in [1.82, 2.24) is 20.1 Å². The molecule has 8 heteroatoms. The molecular formula is C17H17FN6O. The first-order valence-corrected chi connectivity index (χ1v) is 8.12. The smallest absolute Gasteiger partial charge is 0.266 e. The molecular weight excluding hydrogens is 323 g/mol. The lowest BCUT2D eigenvalue weighted by molar-refractivity contribution is 0.384. The number of hydrogen-bond acceptors (Lipinski definition) is 7. The molecule has 2 aromatic heterocycles. The molecule has 1 aliphatic rings. The normalized spacial score (nSPS) is 17.0. The zero-order valence-electron chi connectivity index (χ0n) is 13.5. The molecule has 0 spiro atoms. The van der Waals surface area contributed by atoms with Gasteiger partial charge >= 0.3 is 0 Å². The molecule has 1 aliphatic heterocycles. The van der Waals surface area contributed by atoms with Crippen molar-refractivity contribution in [3.63, 3.8) is 0 Å². The van der Waals surface area contributed by atoms with Crippen LogP contribution < -0.4 is 10.2 Å². The van der Waals surface area contributed by atoms with Gasteiger partial charge in [0.05, 0.1) is 6.42 Å². The van der Waals surface area contributed by atoms with Crippen molar-refractivity contribution in [3.8, 4) is 0 Å². The molecule has 0 aliphatic carbocycles. The van der Waals surface area contributed by atoms with E-state index in [1.165, 1.54) is 12.1 Å². The second-order valence-corrected chi connectivity index (χ2v) is 5.94. The number of aromatic nitrogens is 4. The largest absolute Gasteiger partial charge is 0.350 e. The molecule has 0 bridgehead atoms. The van der Waals surface area contributed by atoms with E-state index in [1.54, 1.807) is 30.6 Å². The summed E-state index contributed by atoms with van der Waals surface area (Å²) in [6.07, 6.45) is 4.85. The van der Waals surface area contributed by atoms with Gasteiger partial charge in [-0.05, 0) is 35.3 Å². The highest BCUT2D eigenvalue weighted by Gasteiger charge is 2.26. The second-order valence-electron chi connectivity index (χ2n) is 5.94. The molecule has 1 fully saturated rings. The van der Waals surface area contributed by atoms with Crippen LogP contribution in [-0.2, 0) is 6.42 Å². The van der Waals surface area contributed by atoms with Gasteiger partial charge in [-0.2, -0.15) is 4.98 Å². The van der Waals surface area contributed by atoms with Gasteiger partial charge in [-0.25, -0.2) is 14.4 Å². The fourth-order valence-corrected chi connectivity index (χ4v) is 2.84. The fraction of sp³-hybridized carbons (Fsp3) is 0.294. The maximum absolute atomic E-state index is 13.0. The van der Waals surface area contributed by atoms with Crippen LogP contribution in [0.5, 0.6) is 0 Å². The Morgan fingerprint density at radius 1 is 1.20 bits per heavy atom. The molecule has 7 nitrogen and oxygen atoms in total. The van der Waals surface area contributed by atoms with Crippen LogP contribution in [0.25, 0.3) is 0 Å². The van der Waals surface area contributed by atoms with Gasteiger partial charge in [-0.1, -0.05) is 12.1 Å². The minimum Gasteiger partial charge on any atom is -0.350 e. The average molecular weight is 340 g/mol. The van der Waals surface area contributed by atoms with E-state index >= 15 is 0 Å². The summed E-state index contributed by atoms with van der Waals surface area (Å²) in [7, 11) is 0. The SMILES string of the molecule is Fc1ccc(Cc2nc(N3CCC(Nc4ncccn4)C3)no2)cc1. The summed E-state index contributed by atoms with van der Waals surface area (Å²) in [5.74, 6) is 1.47. The summed E-state index contributed by atoms with van der Waals surface area (Å²) in [6, 6.07) is 8.31. The standard InChI is InChI=1S/C17H17FN6O/c18-13-4-2-12(3-5-13)10-15-22-17(23-25-15)24-9-6-14(11-24)21-16-19-7-1-8-20-16/h1-5,7-8,14H,6,9-11H2,(H,19,20,21). The maximum atomic E-state index is 13.0. The number of benzene rings is 1. The van der Waals surface area contributed by atoms with Crippen molar-refractivity contribution >= 4 is 11.9 Å². The molecule has 128 valence electrons. The molecule has 3 aromatic rings. The van der Waals surface area contributed by atoms with Crippen molar-refractivity contribution in [3.05, 3.63) is 60.0 Å². The summed E-state index contributed by atoms with van der Waals surface area (Å²) in [4.78, 5) is 14.9. The van der Waals surface area contributed by atoms with Crippen LogP contribution in [0.4, 0.5) is 16.3 Å². The van der Waals surface area contributed by atoms with E-state index in [-0.39, 0.29) is 11.9 Å². The highest BCUT2D eigenvalue weighted by atomic mass is 19.1. The highest BCUT2D eigenvalue weighted by Crippen LogP contribution is 2.20. The van der Waals surface area contributed by atoms with E-state index in [2.05, 4.69) is 30.3 Å². The number of nitrogens with one attached hydrogen (secondary N) is 1. The minimum absolute atomic E-state index is 0.237. The molecule has 1 unspecified atom stereocenters. The van der Waals surface area contributed by atoms with Crippen LogP contribution in [0, 0.1) is 5.82 Å². The third-order valence-electron chi connectivity index (χ3n) is 4.10. The Morgan fingerprint density at radius 3 is 2.80 bits per heavy atom. The van der Waals surface area contributed by atoms with Gasteiger partial charge < -0.3 is 14.7 Å². The van der Waals surface area contributed by atoms with Gasteiger partial charge in [-0.15, -0.1) is 0 Å². The van der Waals surface area contributed by atoms with Gasteiger partial charge in [-0.3, -0.25) is 0 Å². The van der Waals surface area contributed by atoms with Crippen molar-refractivity contribution in [1.29, 1.82) is 0 Å². The van der Waals surface area contributed by atoms with Gasteiger partial charge in [0.1, 0.15) is 5.82 Å². The minimum atomic E-state index is -0.257. The summed E-state index contributed by atoms with van der Waals surface area (Å²) < 4.78 is 18.3. The first kappa shape index (κ1) is 15.5. The van der Waals surface area contributed by atoms with Gasteiger partial charge in [0.2, 0.25) is 11.8 Å². The summed E-state index contributed by atoms with van der Waals surface area (Å²) in [5, 5.41) is 7.37. The Bertz CT molecular complexity index is 823. The quantitative estimate of drug-likeness (QED) is 0.763. The Hall–Kier alpha value is -3.03. The molecule has 4 rings (SSSR count). The van der Waals surface area contributed by atoms with E-state index in [4.69, 9.17) is 4.52 Å². The molecule has 0 radical (unpaired) electrons. The van der Waals surface area contributed by atoms with Gasteiger partial charge in [0, 0.05) is 31.5 Å². The molecule has 25 heavy (non-hydrogen) atoms. The van der Waals surface area contributed by atoms with E-state index in [1.807, 2.05) is 0 Å². The van der Waals surface area contributed by atoms with Crippen LogP contribution in [0.3, 0.4) is 0 Å². The van der Waals surface area contributed by atoms with Crippen molar-refractivity contribution in [2.75, 3.05) is 23.3 Å². The van der Waals surface area contributed by atoms with E-state index < -0.39 is 0 Å². The van der Waals surface area contributed by atoms with Gasteiger partial charge in [0.25, 0.3) is 5.95 Å². The zero-order chi connectivity index (χ0) is 17.1. The third kappa shape index (κ3) is 3.73. The lowest BCUT2D eigenvalue weighted by Gasteiger charge is -2.14. The number of halogens is 1. The molecule has 3 heterocycles. The summed E-state index contributed by atoms with van der Waals surface area (Å²) in [5.41, 5.74) is 0.929. The number of nitrogens with zero attached hydrogens (tertiary/aromatic N) is 5. The molecule has 0 amide bonds. The molecule has 1 N–H and O–H groups in total. The topological polar surface area (TPSA) is 80.0 Å². The zero-order valence-corrected chi connectivity index (χ0v) is 13.5. The Balaban J connectivity index is 1.37. The monoisotopic (exact) mass is 340 g/mol. The molecule has 1 saturated heterocycles. The third-order valence-corrected chi connectivity index (χ3v) is 4.10. The number of rotatable bonds is 5. The lowest BCUT2D eigenvalue weighted by Crippen LogP contribution is -2.27. The molecule has 1 aromatic carbocycles. The fourth-order valence-electron chi connectivity index (χ4n) is 2.84. The van der Waals surface area contributed by atoms with Crippen molar-refractivity contribution in [2.45, 2.75) is 18.9 Å². The maximum Gasteiger partial charge on any atom is 0.266 e. The van der Waals surface area contributed by atoms with E-state index in [9.17, 15) is 4.39 Å². The lowest BCUT2D eigenvalue weighted by atomic mass is 10.1. The molecule has 0 saturated carbocycles. The second kappa shape index (κ2) is 6.84. The number of hydrogen-bond donors (Lipinski definition) is 1. The van der Waals surface area contributed by atoms with Crippen LogP contribution in [0.1, 0.15) is 17.9 Å². The Kier molecular flexibility index (Phi) is 4.24. The number of anilines is 2.